The maximum atomic E-state index is 13.4. The summed E-state index contributed by atoms with van der Waals surface area (Å²) in [6, 6.07) is 18.0. The SMILES string of the molecule is C=C1O[C@@]2(c3ccc(Br)cc3)[C@H](c3ccccc3)[C@@H](CO)[C@H](CN3CCN(C)CC3)[C@@]2(O)/C1=C(/C=NC)OC. The van der Waals surface area contributed by atoms with Crippen LogP contribution in [0.25, 0.3) is 0 Å². The molecule has 5 atom stereocenters. The van der Waals surface area contributed by atoms with Crippen molar-refractivity contribution in [2.45, 2.75) is 17.1 Å². The van der Waals surface area contributed by atoms with Crippen molar-refractivity contribution < 1.29 is 19.7 Å². The van der Waals surface area contributed by atoms with Gasteiger partial charge in [-0.2, -0.15) is 0 Å². The molecule has 5 rings (SSSR count). The monoisotopic (exact) mass is 595 g/mol. The normalized spacial score (nSPS) is 32.9. The zero-order chi connectivity index (χ0) is 27.8. The second-order valence-corrected chi connectivity index (χ2v) is 11.7. The van der Waals surface area contributed by atoms with Gasteiger partial charge in [-0.1, -0.05) is 65.0 Å². The van der Waals surface area contributed by atoms with Crippen molar-refractivity contribution in [1.29, 1.82) is 0 Å². The summed E-state index contributed by atoms with van der Waals surface area (Å²) in [5.74, 6) is -0.279. The van der Waals surface area contributed by atoms with Crippen LogP contribution in [0.4, 0.5) is 0 Å². The fourth-order valence-electron chi connectivity index (χ4n) is 7.10. The van der Waals surface area contributed by atoms with E-state index in [1.54, 1.807) is 20.4 Å². The Bertz CT molecular complexity index is 1240. The van der Waals surface area contributed by atoms with Gasteiger partial charge in [-0.05, 0) is 30.3 Å². The fraction of sp³-hybridized carbons (Fsp3) is 0.452. The topological polar surface area (TPSA) is 77.8 Å². The first-order chi connectivity index (χ1) is 18.8. The van der Waals surface area contributed by atoms with Crippen molar-refractivity contribution in [2.24, 2.45) is 16.8 Å². The number of methoxy groups -OCH3 is 1. The van der Waals surface area contributed by atoms with Crippen LogP contribution < -0.4 is 0 Å². The Morgan fingerprint density at radius 3 is 2.41 bits per heavy atom. The van der Waals surface area contributed by atoms with Crippen LogP contribution in [0.1, 0.15) is 17.0 Å². The highest BCUT2D eigenvalue weighted by molar-refractivity contribution is 9.10. The third-order valence-electron chi connectivity index (χ3n) is 8.84. The lowest BCUT2D eigenvalue weighted by atomic mass is 9.69. The average Bonchev–Trinajstić information content (AvgIpc) is 3.30. The molecule has 0 unspecified atom stereocenters. The summed E-state index contributed by atoms with van der Waals surface area (Å²) in [6.07, 6.45) is 1.61. The molecule has 0 amide bonds. The summed E-state index contributed by atoms with van der Waals surface area (Å²) in [5, 5.41) is 24.5. The quantitative estimate of drug-likeness (QED) is 0.375. The molecule has 1 saturated carbocycles. The van der Waals surface area contributed by atoms with Crippen LogP contribution in [-0.4, -0.2) is 92.4 Å². The van der Waals surface area contributed by atoms with Crippen molar-refractivity contribution in [3.8, 4) is 0 Å². The summed E-state index contributed by atoms with van der Waals surface area (Å²) < 4.78 is 13.6. The van der Waals surface area contributed by atoms with Crippen LogP contribution in [0.2, 0.25) is 0 Å². The Balaban J connectivity index is 1.81. The molecule has 0 radical (unpaired) electrons. The lowest BCUT2D eigenvalue weighted by Crippen LogP contribution is -2.55. The second-order valence-electron chi connectivity index (χ2n) is 10.8. The van der Waals surface area contributed by atoms with Crippen LogP contribution >= 0.6 is 15.9 Å². The van der Waals surface area contributed by atoms with Gasteiger partial charge >= 0.3 is 0 Å². The lowest BCUT2D eigenvalue weighted by Gasteiger charge is -2.42. The number of halogens is 1. The van der Waals surface area contributed by atoms with E-state index in [9.17, 15) is 10.2 Å². The number of fused-ring (bicyclic) bond motifs is 1. The molecule has 2 heterocycles. The molecule has 3 fully saturated rings. The third-order valence-corrected chi connectivity index (χ3v) is 9.36. The van der Waals surface area contributed by atoms with Gasteiger partial charge in [0.25, 0.3) is 0 Å². The van der Waals surface area contributed by atoms with Crippen LogP contribution in [0.5, 0.6) is 0 Å². The van der Waals surface area contributed by atoms with E-state index < -0.39 is 11.2 Å². The number of rotatable bonds is 7. The standard InChI is InChI=1S/C31H38BrN3O4/c1-21-28(27(38-4)18-33-2)30(37)26(19-35-16-14-34(3)15-17-35)25(20-36)29(22-8-6-5-7-9-22)31(30,39-21)23-10-12-24(32)13-11-23/h5-13,18,25-26,29,36-37H,1,14-17,19-20H2,2-4H3/b28-27-,33-18?/t25-,26-,29+,30+,31-/m0/s1. The van der Waals surface area contributed by atoms with Gasteiger partial charge < -0.3 is 29.5 Å². The fourth-order valence-corrected chi connectivity index (χ4v) is 7.36. The third kappa shape index (κ3) is 4.46. The molecule has 2 aromatic carbocycles. The van der Waals surface area contributed by atoms with Gasteiger partial charge in [-0.3, -0.25) is 4.99 Å². The molecule has 2 N–H and O–H groups in total. The summed E-state index contributed by atoms with van der Waals surface area (Å²) in [7, 11) is 5.37. The summed E-state index contributed by atoms with van der Waals surface area (Å²) in [5.41, 5.74) is -0.508. The Hall–Kier alpha value is -2.49. The average molecular weight is 597 g/mol. The molecular weight excluding hydrogens is 558 g/mol. The van der Waals surface area contributed by atoms with Gasteiger partial charge in [0.1, 0.15) is 17.1 Å². The highest BCUT2D eigenvalue weighted by atomic mass is 79.9. The molecule has 2 aromatic rings. The van der Waals surface area contributed by atoms with Crippen LogP contribution in [0.15, 0.2) is 87.7 Å². The molecule has 8 heteroatoms. The molecule has 208 valence electrons. The maximum Gasteiger partial charge on any atom is 0.174 e. The molecule has 0 aromatic heterocycles. The number of aliphatic imine (C=N–C) groups is 1. The number of hydrogen-bond acceptors (Lipinski definition) is 7. The molecule has 2 saturated heterocycles. The van der Waals surface area contributed by atoms with Gasteiger partial charge in [0.15, 0.2) is 5.60 Å². The Morgan fingerprint density at radius 2 is 1.82 bits per heavy atom. The number of aliphatic hydroxyl groups is 2. The number of nitrogens with zero attached hydrogens (tertiary/aromatic N) is 3. The van der Waals surface area contributed by atoms with E-state index in [0.717, 1.165) is 41.8 Å². The first kappa shape index (κ1) is 28.1. The molecule has 1 aliphatic carbocycles. The molecule has 3 aliphatic rings. The van der Waals surface area contributed by atoms with E-state index in [1.807, 2.05) is 42.5 Å². The largest absolute Gasteiger partial charge is 0.495 e. The first-order valence-electron chi connectivity index (χ1n) is 13.5. The van der Waals surface area contributed by atoms with E-state index in [2.05, 4.69) is 56.5 Å². The van der Waals surface area contributed by atoms with Crippen molar-refractivity contribution in [1.82, 2.24) is 9.80 Å². The Kier molecular flexibility index (Phi) is 8.04. The highest BCUT2D eigenvalue weighted by Gasteiger charge is 2.77. The minimum Gasteiger partial charge on any atom is -0.495 e. The predicted molar refractivity (Wildman–Crippen MR) is 157 cm³/mol. The Labute approximate surface area is 239 Å². The van der Waals surface area contributed by atoms with Crippen LogP contribution in [-0.2, 0) is 15.1 Å². The van der Waals surface area contributed by atoms with Gasteiger partial charge in [-0.15, -0.1) is 0 Å². The second kappa shape index (κ2) is 11.2. The van der Waals surface area contributed by atoms with Crippen molar-refractivity contribution >= 4 is 22.1 Å². The van der Waals surface area contributed by atoms with Crippen LogP contribution in [0.3, 0.4) is 0 Å². The minimum atomic E-state index is -1.57. The van der Waals surface area contributed by atoms with Crippen LogP contribution in [0, 0.1) is 11.8 Å². The number of benzene rings is 2. The van der Waals surface area contributed by atoms with Gasteiger partial charge in [0, 0.05) is 68.6 Å². The Morgan fingerprint density at radius 1 is 1.15 bits per heavy atom. The molecule has 0 bridgehead atoms. The van der Waals surface area contributed by atoms with E-state index in [4.69, 9.17) is 9.47 Å². The van der Waals surface area contributed by atoms with Crippen molar-refractivity contribution in [3.63, 3.8) is 0 Å². The van der Waals surface area contributed by atoms with Crippen molar-refractivity contribution in [2.75, 3.05) is 60.5 Å². The molecule has 7 nitrogen and oxygen atoms in total. The van der Waals surface area contributed by atoms with E-state index in [0.29, 0.717) is 23.6 Å². The molecule has 0 spiro atoms. The number of aliphatic hydroxyl groups excluding tert-OH is 1. The van der Waals surface area contributed by atoms with Gasteiger partial charge in [0.2, 0.25) is 0 Å². The van der Waals surface area contributed by atoms with Gasteiger partial charge in [-0.25, -0.2) is 0 Å². The maximum absolute atomic E-state index is 13.4. The smallest absolute Gasteiger partial charge is 0.174 e. The highest BCUT2D eigenvalue weighted by Crippen LogP contribution is 2.70. The minimum absolute atomic E-state index is 0.105. The first-order valence-corrected chi connectivity index (χ1v) is 14.2. The molecule has 2 aliphatic heterocycles. The number of hydrogen-bond donors (Lipinski definition) is 2. The number of likely N-dealkylation sites (N-methyl/N-ethyl adjacent to an activating group) is 1. The summed E-state index contributed by atoms with van der Waals surface area (Å²) >= 11 is 3.57. The molecule has 39 heavy (non-hydrogen) atoms. The zero-order valence-corrected chi connectivity index (χ0v) is 24.5. The number of allylic oxidation sites excluding steroid dienone is 1. The number of piperazine rings is 1. The van der Waals surface area contributed by atoms with Gasteiger partial charge in [0.05, 0.1) is 18.9 Å². The number of ether oxygens (including phenoxy) is 2. The van der Waals surface area contributed by atoms with E-state index in [1.165, 1.54) is 0 Å². The lowest BCUT2D eigenvalue weighted by molar-refractivity contribution is -0.115. The van der Waals surface area contributed by atoms with Crippen molar-refractivity contribution in [3.05, 3.63) is 93.9 Å². The van der Waals surface area contributed by atoms with E-state index in [-0.39, 0.29) is 24.4 Å². The summed E-state index contributed by atoms with van der Waals surface area (Å²) in [4.78, 5) is 8.92. The van der Waals surface area contributed by atoms with E-state index >= 15 is 0 Å². The predicted octanol–water partition coefficient (Wildman–Crippen LogP) is 3.79. The molecular formula is C31H38BrN3O4. The summed E-state index contributed by atoms with van der Waals surface area (Å²) in [6.45, 7) is 8.46. The zero-order valence-electron chi connectivity index (χ0n) is 22.9.